The third kappa shape index (κ3) is 3.39. The topological polar surface area (TPSA) is 58.3 Å². The van der Waals surface area contributed by atoms with Crippen LogP contribution in [-0.4, -0.2) is 52.1 Å². The summed E-state index contributed by atoms with van der Waals surface area (Å²) in [5, 5.41) is 0. The van der Waals surface area contributed by atoms with Crippen LogP contribution in [0.4, 0.5) is 5.95 Å². The molecule has 1 atom stereocenters. The summed E-state index contributed by atoms with van der Waals surface area (Å²) in [5.74, 6) is 0.822. The SMILES string of the molecule is CCC(C(N)=S)N1CCN(c2nccc(C)n2)CC1. The minimum absolute atomic E-state index is 0.218. The monoisotopic (exact) mass is 279 g/mol. The Morgan fingerprint density at radius 2 is 2.11 bits per heavy atom. The number of thiocarbonyl (C=S) groups is 1. The average molecular weight is 279 g/mol. The second kappa shape index (κ2) is 6.25. The summed E-state index contributed by atoms with van der Waals surface area (Å²) in [4.78, 5) is 14.0. The number of rotatable bonds is 4. The lowest BCUT2D eigenvalue weighted by molar-refractivity contribution is 0.223. The zero-order valence-corrected chi connectivity index (χ0v) is 12.4. The van der Waals surface area contributed by atoms with Gasteiger partial charge in [-0.3, -0.25) is 4.90 Å². The predicted octanol–water partition coefficient (Wildman–Crippen LogP) is 0.972. The molecule has 19 heavy (non-hydrogen) atoms. The normalized spacial score (nSPS) is 18.3. The second-order valence-electron chi connectivity index (χ2n) is 4.85. The molecule has 2 heterocycles. The molecule has 1 saturated heterocycles. The summed E-state index contributed by atoms with van der Waals surface area (Å²) >= 11 is 5.13. The van der Waals surface area contributed by atoms with Gasteiger partial charge in [0.1, 0.15) is 0 Å². The van der Waals surface area contributed by atoms with Crippen LogP contribution in [0.15, 0.2) is 12.3 Å². The predicted molar refractivity (Wildman–Crippen MR) is 81.4 cm³/mol. The molecule has 2 N–H and O–H groups in total. The fourth-order valence-electron chi connectivity index (χ4n) is 2.46. The number of hydrogen-bond acceptors (Lipinski definition) is 5. The van der Waals surface area contributed by atoms with Gasteiger partial charge in [0, 0.05) is 38.1 Å². The first-order valence-corrected chi connectivity index (χ1v) is 7.10. The molecule has 1 fully saturated rings. The Morgan fingerprint density at radius 3 is 2.63 bits per heavy atom. The zero-order valence-electron chi connectivity index (χ0n) is 11.5. The maximum absolute atomic E-state index is 5.80. The van der Waals surface area contributed by atoms with Crippen molar-refractivity contribution in [1.82, 2.24) is 14.9 Å². The maximum atomic E-state index is 5.80. The molecule has 0 aromatic carbocycles. The molecular weight excluding hydrogens is 258 g/mol. The highest BCUT2D eigenvalue weighted by molar-refractivity contribution is 7.80. The first kappa shape index (κ1) is 14.1. The highest BCUT2D eigenvalue weighted by atomic mass is 32.1. The molecule has 104 valence electrons. The van der Waals surface area contributed by atoms with Crippen molar-refractivity contribution in [1.29, 1.82) is 0 Å². The third-order valence-corrected chi connectivity index (χ3v) is 3.81. The Labute approximate surface area is 119 Å². The van der Waals surface area contributed by atoms with Gasteiger partial charge in [-0.05, 0) is 19.4 Å². The minimum atomic E-state index is 0.218. The Balaban J connectivity index is 1.97. The molecule has 1 aromatic rings. The van der Waals surface area contributed by atoms with Crippen LogP contribution < -0.4 is 10.6 Å². The fourth-order valence-corrected chi connectivity index (χ4v) is 2.78. The van der Waals surface area contributed by atoms with Crippen molar-refractivity contribution in [3.05, 3.63) is 18.0 Å². The van der Waals surface area contributed by atoms with Crippen molar-refractivity contribution in [2.45, 2.75) is 26.3 Å². The van der Waals surface area contributed by atoms with Gasteiger partial charge in [0.05, 0.1) is 11.0 Å². The van der Waals surface area contributed by atoms with E-state index >= 15 is 0 Å². The van der Waals surface area contributed by atoms with Crippen LogP contribution in [0.5, 0.6) is 0 Å². The average Bonchev–Trinajstić information content (AvgIpc) is 2.40. The summed E-state index contributed by atoms with van der Waals surface area (Å²) in [6, 6.07) is 2.13. The van der Waals surface area contributed by atoms with Crippen LogP contribution >= 0.6 is 12.2 Å². The number of nitrogens with zero attached hydrogens (tertiary/aromatic N) is 4. The molecule has 2 rings (SSSR count). The van der Waals surface area contributed by atoms with E-state index in [0.29, 0.717) is 4.99 Å². The van der Waals surface area contributed by atoms with E-state index in [4.69, 9.17) is 18.0 Å². The zero-order chi connectivity index (χ0) is 13.8. The summed E-state index contributed by atoms with van der Waals surface area (Å²) in [5.41, 5.74) is 6.80. The van der Waals surface area contributed by atoms with Gasteiger partial charge in [0.15, 0.2) is 0 Å². The molecule has 0 saturated carbocycles. The standard InChI is InChI=1S/C13H21N5S/c1-3-11(12(14)19)17-6-8-18(9-7-17)13-15-5-4-10(2)16-13/h4-5,11H,3,6-9H2,1-2H3,(H2,14,19). The van der Waals surface area contributed by atoms with E-state index in [0.717, 1.165) is 44.2 Å². The summed E-state index contributed by atoms with van der Waals surface area (Å²) < 4.78 is 0. The minimum Gasteiger partial charge on any atom is -0.392 e. The van der Waals surface area contributed by atoms with Gasteiger partial charge in [-0.1, -0.05) is 19.1 Å². The Hall–Kier alpha value is -1.27. The first-order chi connectivity index (χ1) is 9.11. The fraction of sp³-hybridized carbons (Fsp3) is 0.615. The van der Waals surface area contributed by atoms with Gasteiger partial charge >= 0.3 is 0 Å². The van der Waals surface area contributed by atoms with Crippen molar-refractivity contribution in [2.24, 2.45) is 5.73 Å². The molecule has 0 spiro atoms. The molecule has 1 aromatic heterocycles. The van der Waals surface area contributed by atoms with Gasteiger partial charge in [0.25, 0.3) is 0 Å². The van der Waals surface area contributed by atoms with Crippen LogP contribution in [0.2, 0.25) is 0 Å². The first-order valence-electron chi connectivity index (χ1n) is 6.69. The summed E-state index contributed by atoms with van der Waals surface area (Å²) in [6.45, 7) is 7.85. The van der Waals surface area contributed by atoms with Gasteiger partial charge < -0.3 is 10.6 Å². The van der Waals surface area contributed by atoms with Crippen LogP contribution in [0.1, 0.15) is 19.0 Å². The van der Waals surface area contributed by atoms with Gasteiger partial charge in [0.2, 0.25) is 5.95 Å². The number of piperazine rings is 1. The molecule has 0 radical (unpaired) electrons. The number of aromatic nitrogens is 2. The molecule has 5 nitrogen and oxygen atoms in total. The van der Waals surface area contributed by atoms with Gasteiger partial charge in [-0.25, -0.2) is 9.97 Å². The van der Waals surface area contributed by atoms with Crippen molar-refractivity contribution in [2.75, 3.05) is 31.1 Å². The number of aryl methyl sites for hydroxylation is 1. The Morgan fingerprint density at radius 1 is 1.42 bits per heavy atom. The molecular formula is C13H21N5S. The van der Waals surface area contributed by atoms with Gasteiger partial charge in [-0.2, -0.15) is 0 Å². The molecule has 1 aliphatic heterocycles. The highest BCUT2D eigenvalue weighted by Crippen LogP contribution is 2.14. The molecule has 0 aliphatic carbocycles. The lowest BCUT2D eigenvalue weighted by Gasteiger charge is -2.38. The number of hydrogen-bond donors (Lipinski definition) is 1. The molecule has 6 heteroatoms. The Bertz CT molecular complexity index is 442. The van der Waals surface area contributed by atoms with Crippen LogP contribution in [0.3, 0.4) is 0 Å². The van der Waals surface area contributed by atoms with Crippen molar-refractivity contribution in [3.8, 4) is 0 Å². The lowest BCUT2D eigenvalue weighted by atomic mass is 10.1. The summed E-state index contributed by atoms with van der Waals surface area (Å²) in [6.07, 6.45) is 2.78. The maximum Gasteiger partial charge on any atom is 0.225 e. The van der Waals surface area contributed by atoms with E-state index in [2.05, 4.69) is 26.7 Å². The smallest absolute Gasteiger partial charge is 0.225 e. The van der Waals surface area contributed by atoms with Crippen LogP contribution in [0.25, 0.3) is 0 Å². The van der Waals surface area contributed by atoms with Crippen LogP contribution in [0, 0.1) is 6.92 Å². The lowest BCUT2D eigenvalue weighted by Crippen LogP contribution is -2.53. The quantitative estimate of drug-likeness (QED) is 0.829. The molecule has 1 aliphatic rings. The molecule has 1 unspecified atom stereocenters. The molecule has 0 amide bonds. The number of anilines is 1. The van der Waals surface area contributed by atoms with E-state index in [9.17, 15) is 0 Å². The van der Waals surface area contributed by atoms with Gasteiger partial charge in [-0.15, -0.1) is 0 Å². The van der Waals surface area contributed by atoms with E-state index in [1.54, 1.807) is 0 Å². The highest BCUT2D eigenvalue weighted by Gasteiger charge is 2.25. The van der Waals surface area contributed by atoms with E-state index in [1.807, 2.05) is 19.2 Å². The van der Waals surface area contributed by atoms with E-state index < -0.39 is 0 Å². The third-order valence-electron chi connectivity index (χ3n) is 3.54. The van der Waals surface area contributed by atoms with E-state index in [-0.39, 0.29) is 6.04 Å². The molecule has 0 bridgehead atoms. The van der Waals surface area contributed by atoms with Crippen molar-refractivity contribution in [3.63, 3.8) is 0 Å². The summed E-state index contributed by atoms with van der Waals surface area (Å²) in [7, 11) is 0. The van der Waals surface area contributed by atoms with E-state index in [1.165, 1.54) is 0 Å². The van der Waals surface area contributed by atoms with Crippen molar-refractivity contribution < 1.29 is 0 Å². The van der Waals surface area contributed by atoms with Crippen molar-refractivity contribution >= 4 is 23.2 Å². The second-order valence-corrected chi connectivity index (χ2v) is 5.32. The largest absolute Gasteiger partial charge is 0.392 e. The Kier molecular flexibility index (Phi) is 4.66. The van der Waals surface area contributed by atoms with Crippen LogP contribution in [-0.2, 0) is 0 Å². The number of nitrogens with two attached hydrogens (primary N) is 1.